The maximum Gasteiger partial charge on any atom is 0.309 e. The Balaban J connectivity index is 0. The predicted molar refractivity (Wildman–Crippen MR) is 116 cm³/mol. The van der Waals surface area contributed by atoms with Gasteiger partial charge in [0.2, 0.25) is 0 Å². The molecule has 0 aliphatic rings. The largest absolute Gasteiger partial charge is 0.481 e. The fourth-order valence-electron chi connectivity index (χ4n) is 2.59. The van der Waals surface area contributed by atoms with Gasteiger partial charge in [-0.25, -0.2) is 0 Å². The van der Waals surface area contributed by atoms with Crippen molar-refractivity contribution in [2.45, 2.75) is 105 Å². The Hall–Kier alpha value is -1.59. The second kappa shape index (κ2) is 21.1. The normalized spacial score (nSPS) is 11.4. The molecule has 0 aromatic heterocycles. The fourth-order valence-corrected chi connectivity index (χ4v) is 2.59. The van der Waals surface area contributed by atoms with Crippen molar-refractivity contribution in [3.05, 3.63) is 0 Å². The van der Waals surface area contributed by atoms with E-state index in [1.165, 1.54) is 0 Å². The minimum Gasteiger partial charge on any atom is -0.481 e. The molecule has 172 valence electrons. The van der Waals surface area contributed by atoms with E-state index in [1.807, 2.05) is 0 Å². The number of carboxylic acids is 1. The van der Waals surface area contributed by atoms with Gasteiger partial charge in [-0.3, -0.25) is 14.4 Å². The molecule has 0 spiro atoms. The molecule has 0 fully saturated rings. The summed E-state index contributed by atoms with van der Waals surface area (Å²) in [5.74, 6) is -1.21. The highest BCUT2D eigenvalue weighted by atomic mass is 16.5. The number of carbonyl (C=O) groups is 3. The lowest BCUT2D eigenvalue weighted by atomic mass is 9.97. The number of carboxylic acid groups (broad SMARTS) is 1. The van der Waals surface area contributed by atoms with Crippen molar-refractivity contribution in [2.75, 3.05) is 13.2 Å². The first-order chi connectivity index (χ1) is 13.8. The quantitative estimate of drug-likeness (QED) is 0.254. The number of carbonyl (C=O) groups excluding carboxylic acids is 2. The zero-order valence-corrected chi connectivity index (χ0v) is 19.3. The molecule has 0 saturated carbocycles. The van der Waals surface area contributed by atoms with Crippen LogP contribution in [-0.2, 0) is 23.9 Å². The molecule has 1 unspecified atom stereocenters. The highest BCUT2D eigenvalue weighted by Gasteiger charge is 2.22. The number of hydrogen-bond acceptors (Lipinski definition) is 5. The Morgan fingerprint density at radius 1 is 0.828 bits per heavy atom. The molecule has 0 aliphatic heterocycles. The molecular formula is C23H44O6. The average molecular weight is 417 g/mol. The van der Waals surface area contributed by atoms with E-state index >= 15 is 0 Å². The molecule has 0 rings (SSSR count). The van der Waals surface area contributed by atoms with Gasteiger partial charge >= 0.3 is 17.9 Å². The van der Waals surface area contributed by atoms with Gasteiger partial charge in [-0.2, -0.15) is 0 Å². The molecule has 29 heavy (non-hydrogen) atoms. The third-order valence-electron chi connectivity index (χ3n) is 4.39. The Morgan fingerprint density at radius 3 is 1.97 bits per heavy atom. The van der Waals surface area contributed by atoms with Gasteiger partial charge < -0.3 is 14.6 Å². The van der Waals surface area contributed by atoms with Gasteiger partial charge in [0.05, 0.1) is 25.6 Å². The standard InChI is InChI=1S/C12H22O4.C11H22O2/c1-3-5-6-7-8-10(9-11(13)14)12(15)16-4-2;1-4-5-6-7-11(12)13-9-8-10(2)3/h10H,3-9H2,1-2H3,(H,13,14);10H,4-9H2,1-3H3. The summed E-state index contributed by atoms with van der Waals surface area (Å²) in [5, 5.41) is 8.70. The molecule has 0 aromatic rings. The van der Waals surface area contributed by atoms with Crippen LogP contribution in [0.3, 0.4) is 0 Å². The number of unbranched alkanes of at least 4 members (excludes halogenated alkanes) is 5. The molecule has 0 radical (unpaired) electrons. The number of ether oxygens (including phenoxy) is 2. The van der Waals surface area contributed by atoms with E-state index in [-0.39, 0.29) is 18.4 Å². The van der Waals surface area contributed by atoms with Gasteiger partial charge in [-0.15, -0.1) is 0 Å². The molecule has 0 saturated heterocycles. The Morgan fingerprint density at radius 2 is 1.45 bits per heavy atom. The van der Waals surface area contributed by atoms with Gasteiger partial charge in [0, 0.05) is 6.42 Å². The first-order valence-corrected chi connectivity index (χ1v) is 11.3. The maximum atomic E-state index is 11.5. The third kappa shape index (κ3) is 22.6. The van der Waals surface area contributed by atoms with Crippen LogP contribution in [0.15, 0.2) is 0 Å². The molecular weight excluding hydrogens is 372 g/mol. The van der Waals surface area contributed by atoms with Crippen molar-refractivity contribution in [1.29, 1.82) is 0 Å². The highest BCUT2D eigenvalue weighted by molar-refractivity contribution is 5.79. The molecule has 0 amide bonds. The Bertz CT molecular complexity index is 420. The number of aliphatic carboxylic acids is 1. The summed E-state index contributed by atoms with van der Waals surface area (Å²) in [7, 11) is 0. The smallest absolute Gasteiger partial charge is 0.309 e. The van der Waals surface area contributed by atoms with Gasteiger partial charge in [0.25, 0.3) is 0 Å². The van der Waals surface area contributed by atoms with Crippen molar-refractivity contribution in [3.63, 3.8) is 0 Å². The van der Waals surface area contributed by atoms with Crippen LogP contribution in [0.1, 0.15) is 105 Å². The fraction of sp³-hybridized carbons (Fsp3) is 0.870. The van der Waals surface area contributed by atoms with Crippen molar-refractivity contribution in [1.82, 2.24) is 0 Å². The average Bonchev–Trinajstić information content (AvgIpc) is 2.64. The summed E-state index contributed by atoms with van der Waals surface area (Å²) < 4.78 is 9.92. The van der Waals surface area contributed by atoms with E-state index in [0.29, 0.717) is 32.0 Å². The molecule has 6 heteroatoms. The predicted octanol–water partition coefficient (Wildman–Crippen LogP) is 5.77. The molecule has 0 aromatic carbocycles. The lowest BCUT2D eigenvalue weighted by molar-refractivity contribution is -0.153. The topological polar surface area (TPSA) is 89.9 Å². The zero-order chi connectivity index (χ0) is 22.5. The summed E-state index contributed by atoms with van der Waals surface area (Å²) >= 11 is 0. The molecule has 0 aliphatic carbocycles. The van der Waals surface area contributed by atoms with Crippen LogP contribution in [0.4, 0.5) is 0 Å². The summed E-state index contributed by atoms with van der Waals surface area (Å²) in [6.45, 7) is 11.1. The number of esters is 2. The lowest BCUT2D eigenvalue weighted by Crippen LogP contribution is -2.21. The van der Waals surface area contributed by atoms with Crippen LogP contribution in [-0.4, -0.2) is 36.2 Å². The SMILES string of the molecule is CCCCCC(=O)OCCC(C)C.CCCCCCC(CC(=O)O)C(=O)OCC. The van der Waals surface area contributed by atoms with Crippen molar-refractivity contribution < 1.29 is 29.0 Å². The molecule has 1 N–H and O–H groups in total. The number of hydrogen-bond donors (Lipinski definition) is 1. The second-order valence-corrected chi connectivity index (χ2v) is 7.76. The summed E-state index contributed by atoms with van der Waals surface area (Å²) in [6.07, 6.45) is 9.50. The minimum absolute atomic E-state index is 0.0332. The molecule has 0 bridgehead atoms. The van der Waals surface area contributed by atoms with Gasteiger partial charge in [-0.05, 0) is 32.1 Å². The van der Waals surface area contributed by atoms with Crippen LogP contribution in [0.5, 0.6) is 0 Å². The first kappa shape index (κ1) is 29.6. The van der Waals surface area contributed by atoms with Crippen molar-refractivity contribution >= 4 is 17.9 Å². The van der Waals surface area contributed by atoms with E-state index in [1.54, 1.807) is 6.92 Å². The maximum absolute atomic E-state index is 11.5. The summed E-state index contributed by atoms with van der Waals surface area (Å²) in [4.78, 5) is 33.1. The first-order valence-electron chi connectivity index (χ1n) is 11.3. The summed E-state index contributed by atoms with van der Waals surface area (Å²) in [5.41, 5.74) is 0. The Labute approximate surface area is 177 Å². The van der Waals surface area contributed by atoms with Gasteiger partial charge in [0.15, 0.2) is 0 Å². The van der Waals surface area contributed by atoms with Crippen LogP contribution >= 0.6 is 0 Å². The van der Waals surface area contributed by atoms with E-state index in [0.717, 1.165) is 51.4 Å². The van der Waals surface area contributed by atoms with Gasteiger partial charge in [-0.1, -0.05) is 66.2 Å². The Kier molecular flexibility index (Phi) is 21.6. The van der Waals surface area contributed by atoms with E-state index in [9.17, 15) is 14.4 Å². The second-order valence-electron chi connectivity index (χ2n) is 7.76. The monoisotopic (exact) mass is 416 g/mol. The van der Waals surface area contributed by atoms with Crippen LogP contribution in [0.2, 0.25) is 0 Å². The third-order valence-corrected chi connectivity index (χ3v) is 4.39. The lowest BCUT2D eigenvalue weighted by Gasteiger charge is -2.13. The van der Waals surface area contributed by atoms with Gasteiger partial charge in [0.1, 0.15) is 0 Å². The van der Waals surface area contributed by atoms with Crippen LogP contribution in [0, 0.1) is 11.8 Å². The number of rotatable bonds is 16. The van der Waals surface area contributed by atoms with Crippen LogP contribution in [0.25, 0.3) is 0 Å². The highest BCUT2D eigenvalue weighted by Crippen LogP contribution is 2.16. The molecule has 1 atom stereocenters. The van der Waals surface area contributed by atoms with Crippen molar-refractivity contribution in [2.24, 2.45) is 11.8 Å². The zero-order valence-electron chi connectivity index (χ0n) is 19.3. The van der Waals surface area contributed by atoms with Crippen molar-refractivity contribution in [3.8, 4) is 0 Å². The summed E-state index contributed by atoms with van der Waals surface area (Å²) in [6, 6.07) is 0. The van der Waals surface area contributed by atoms with E-state index < -0.39 is 11.9 Å². The molecule has 0 heterocycles. The molecule has 6 nitrogen and oxygen atoms in total. The van der Waals surface area contributed by atoms with Crippen LogP contribution < -0.4 is 0 Å². The van der Waals surface area contributed by atoms with E-state index in [2.05, 4.69) is 27.7 Å². The van der Waals surface area contributed by atoms with E-state index in [4.69, 9.17) is 14.6 Å². The minimum atomic E-state index is -0.937.